The first-order valence-corrected chi connectivity index (χ1v) is 6.06. The lowest BCUT2D eigenvalue weighted by molar-refractivity contribution is 0.249. The average molecular weight is 269 g/mol. The van der Waals surface area contributed by atoms with E-state index < -0.39 is 6.03 Å². The maximum absolute atomic E-state index is 10.4. The molecule has 2 aromatic carbocycles. The zero-order valence-electron chi connectivity index (χ0n) is 11.0. The van der Waals surface area contributed by atoms with E-state index in [9.17, 15) is 4.79 Å². The molecule has 3 N–H and O–H groups in total. The topological polar surface area (TPSA) is 76.7 Å². The SMILES string of the molecule is Cc1ccc(Oc2ccc(/C=N\NC(N)=O)cc2)cc1. The van der Waals surface area contributed by atoms with Gasteiger partial charge in [-0.3, -0.25) is 0 Å². The van der Waals surface area contributed by atoms with Crippen molar-refractivity contribution >= 4 is 12.2 Å². The van der Waals surface area contributed by atoms with Crippen LogP contribution < -0.4 is 15.9 Å². The van der Waals surface area contributed by atoms with E-state index >= 15 is 0 Å². The molecule has 0 aromatic heterocycles. The summed E-state index contributed by atoms with van der Waals surface area (Å²) in [6.45, 7) is 2.03. The number of amides is 2. The first-order valence-electron chi connectivity index (χ1n) is 6.06. The summed E-state index contributed by atoms with van der Waals surface area (Å²) in [6.07, 6.45) is 1.50. The van der Waals surface area contributed by atoms with Gasteiger partial charge < -0.3 is 10.5 Å². The number of benzene rings is 2. The summed E-state index contributed by atoms with van der Waals surface area (Å²) in [5.41, 5.74) is 9.04. The van der Waals surface area contributed by atoms with Crippen LogP contribution in [0.15, 0.2) is 53.6 Å². The maximum Gasteiger partial charge on any atom is 0.332 e. The van der Waals surface area contributed by atoms with Crippen molar-refractivity contribution in [1.82, 2.24) is 5.43 Å². The Morgan fingerprint density at radius 1 is 1.10 bits per heavy atom. The molecule has 0 spiro atoms. The van der Waals surface area contributed by atoms with E-state index in [0.717, 1.165) is 17.1 Å². The fourth-order valence-corrected chi connectivity index (χ4v) is 1.53. The van der Waals surface area contributed by atoms with Crippen LogP contribution in [0, 0.1) is 6.92 Å². The van der Waals surface area contributed by atoms with Gasteiger partial charge in [-0.1, -0.05) is 17.7 Å². The van der Waals surface area contributed by atoms with Crippen molar-refractivity contribution in [1.29, 1.82) is 0 Å². The third kappa shape index (κ3) is 4.13. The van der Waals surface area contributed by atoms with E-state index in [4.69, 9.17) is 10.5 Å². The Kier molecular flexibility index (Phi) is 4.34. The summed E-state index contributed by atoms with van der Waals surface area (Å²) in [7, 11) is 0. The molecular weight excluding hydrogens is 254 g/mol. The number of hydrogen-bond acceptors (Lipinski definition) is 3. The molecule has 2 aromatic rings. The van der Waals surface area contributed by atoms with Crippen molar-refractivity contribution in [3.63, 3.8) is 0 Å². The number of hydrazone groups is 1. The summed E-state index contributed by atoms with van der Waals surface area (Å²) in [5, 5.41) is 3.67. The van der Waals surface area contributed by atoms with Gasteiger partial charge in [0.2, 0.25) is 0 Å². The number of carbonyl (C=O) groups is 1. The highest BCUT2D eigenvalue weighted by Crippen LogP contribution is 2.21. The summed E-state index contributed by atoms with van der Waals surface area (Å²) in [4.78, 5) is 10.4. The third-order valence-corrected chi connectivity index (χ3v) is 2.53. The number of primary amides is 1. The molecule has 5 heteroatoms. The third-order valence-electron chi connectivity index (χ3n) is 2.53. The number of hydrogen-bond donors (Lipinski definition) is 2. The van der Waals surface area contributed by atoms with Gasteiger partial charge in [-0.15, -0.1) is 0 Å². The molecule has 0 bridgehead atoms. The lowest BCUT2D eigenvalue weighted by Gasteiger charge is -2.06. The first kappa shape index (κ1) is 13.6. The van der Waals surface area contributed by atoms with Gasteiger partial charge >= 0.3 is 6.03 Å². The Bertz CT molecular complexity index is 604. The predicted octanol–water partition coefficient (Wildman–Crippen LogP) is 2.79. The molecule has 0 saturated heterocycles. The van der Waals surface area contributed by atoms with E-state index in [0.29, 0.717) is 0 Å². The molecule has 20 heavy (non-hydrogen) atoms. The molecular formula is C15H15N3O2. The molecule has 102 valence electrons. The fraction of sp³-hybridized carbons (Fsp3) is 0.0667. The van der Waals surface area contributed by atoms with Crippen LogP contribution in [-0.2, 0) is 0 Å². The fourth-order valence-electron chi connectivity index (χ4n) is 1.53. The second kappa shape index (κ2) is 6.38. The number of urea groups is 1. The van der Waals surface area contributed by atoms with Crippen molar-refractivity contribution < 1.29 is 9.53 Å². The highest BCUT2D eigenvalue weighted by atomic mass is 16.5. The second-order valence-corrected chi connectivity index (χ2v) is 4.22. The van der Waals surface area contributed by atoms with Gasteiger partial charge in [0.1, 0.15) is 11.5 Å². The molecule has 0 aliphatic rings. The van der Waals surface area contributed by atoms with Gasteiger partial charge in [-0.05, 0) is 48.9 Å². The van der Waals surface area contributed by atoms with Crippen molar-refractivity contribution in [2.24, 2.45) is 10.8 Å². The predicted molar refractivity (Wildman–Crippen MR) is 78.0 cm³/mol. The molecule has 5 nitrogen and oxygen atoms in total. The minimum absolute atomic E-state index is 0.694. The maximum atomic E-state index is 10.4. The molecule has 0 atom stereocenters. The van der Waals surface area contributed by atoms with E-state index in [-0.39, 0.29) is 0 Å². The molecule has 0 unspecified atom stereocenters. The van der Waals surface area contributed by atoms with E-state index in [1.807, 2.05) is 55.5 Å². The smallest absolute Gasteiger partial charge is 0.332 e. The summed E-state index contributed by atoms with van der Waals surface area (Å²) < 4.78 is 5.70. The molecule has 0 radical (unpaired) electrons. The second-order valence-electron chi connectivity index (χ2n) is 4.22. The number of ether oxygens (including phenoxy) is 1. The first-order chi connectivity index (χ1) is 9.63. The average Bonchev–Trinajstić information content (AvgIpc) is 2.43. The van der Waals surface area contributed by atoms with Crippen LogP contribution in [0.5, 0.6) is 11.5 Å². The number of nitrogens with two attached hydrogens (primary N) is 1. The van der Waals surface area contributed by atoms with Crippen LogP contribution in [-0.4, -0.2) is 12.2 Å². The highest BCUT2D eigenvalue weighted by molar-refractivity contribution is 5.81. The summed E-state index contributed by atoms with van der Waals surface area (Å²) >= 11 is 0. The standard InChI is InChI=1S/C15H15N3O2/c1-11-2-6-13(7-3-11)20-14-8-4-12(5-9-14)10-17-18-15(16)19/h2-10H,1H3,(H3,16,18,19)/b17-10-. The Labute approximate surface area is 117 Å². The van der Waals surface area contributed by atoms with Crippen LogP contribution >= 0.6 is 0 Å². The normalized spacial score (nSPS) is 10.4. The van der Waals surface area contributed by atoms with Gasteiger partial charge in [-0.2, -0.15) is 5.10 Å². The largest absolute Gasteiger partial charge is 0.457 e. The van der Waals surface area contributed by atoms with Crippen molar-refractivity contribution in [2.45, 2.75) is 6.92 Å². The van der Waals surface area contributed by atoms with Gasteiger partial charge in [-0.25, -0.2) is 10.2 Å². The molecule has 0 saturated carbocycles. The van der Waals surface area contributed by atoms with Crippen LogP contribution in [0.25, 0.3) is 0 Å². The Morgan fingerprint density at radius 2 is 1.65 bits per heavy atom. The number of rotatable bonds is 4. The van der Waals surface area contributed by atoms with Crippen molar-refractivity contribution in [2.75, 3.05) is 0 Å². The van der Waals surface area contributed by atoms with Gasteiger partial charge in [0.05, 0.1) is 6.21 Å². The van der Waals surface area contributed by atoms with Crippen molar-refractivity contribution in [3.8, 4) is 11.5 Å². The molecule has 2 rings (SSSR count). The van der Waals surface area contributed by atoms with Crippen LogP contribution in [0.3, 0.4) is 0 Å². The Balaban J connectivity index is 1.99. The van der Waals surface area contributed by atoms with Crippen molar-refractivity contribution in [3.05, 3.63) is 59.7 Å². The van der Waals surface area contributed by atoms with Crippen LogP contribution in [0.2, 0.25) is 0 Å². The molecule has 0 aliphatic carbocycles. The summed E-state index contributed by atoms with van der Waals surface area (Å²) in [6, 6.07) is 14.4. The quantitative estimate of drug-likeness (QED) is 0.661. The van der Waals surface area contributed by atoms with Gasteiger partial charge in [0.25, 0.3) is 0 Å². The molecule has 0 fully saturated rings. The zero-order chi connectivity index (χ0) is 14.4. The lowest BCUT2D eigenvalue weighted by atomic mass is 10.2. The van der Waals surface area contributed by atoms with Crippen LogP contribution in [0.4, 0.5) is 4.79 Å². The zero-order valence-corrected chi connectivity index (χ0v) is 11.0. The van der Waals surface area contributed by atoms with Gasteiger partial charge in [0, 0.05) is 0 Å². The number of nitrogens with one attached hydrogen (secondary N) is 1. The highest BCUT2D eigenvalue weighted by Gasteiger charge is 1.97. The number of aryl methyl sites for hydroxylation is 1. The van der Waals surface area contributed by atoms with E-state index in [1.165, 1.54) is 11.8 Å². The molecule has 0 aliphatic heterocycles. The minimum Gasteiger partial charge on any atom is -0.457 e. The Hall–Kier alpha value is -2.82. The monoisotopic (exact) mass is 269 g/mol. The summed E-state index contributed by atoms with van der Waals surface area (Å²) in [5.74, 6) is 1.52. The van der Waals surface area contributed by atoms with Gasteiger partial charge in [0.15, 0.2) is 0 Å². The number of nitrogens with zero attached hydrogens (tertiary/aromatic N) is 1. The van der Waals surface area contributed by atoms with E-state index in [1.54, 1.807) is 0 Å². The van der Waals surface area contributed by atoms with Crippen LogP contribution in [0.1, 0.15) is 11.1 Å². The van der Waals surface area contributed by atoms with E-state index in [2.05, 4.69) is 10.5 Å². The number of carbonyl (C=O) groups excluding carboxylic acids is 1. The minimum atomic E-state index is -0.694. The molecule has 0 heterocycles. The Morgan fingerprint density at radius 3 is 2.20 bits per heavy atom. The lowest BCUT2D eigenvalue weighted by Crippen LogP contribution is -2.24. The molecule has 2 amide bonds.